The molecule has 2 fully saturated rings. The maximum atomic E-state index is 12.9. The number of halogens is 5. The minimum Gasteiger partial charge on any atom is -0.355 e. The topological polar surface area (TPSA) is 50.1 Å². The molecule has 2 aliphatic heterocycles. The molecule has 0 radical (unpaired) electrons. The highest BCUT2D eigenvalue weighted by molar-refractivity contribution is 7.97. The van der Waals surface area contributed by atoms with Crippen molar-refractivity contribution in [1.29, 1.82) is 0 Å². The van der Waals surface area contributed by atoms with E-state index in [2.05, 4.69) is 24.3 Å². The highest BCUT2D eigenvalue weighted by Gasteiger charge is 2.48. The second-order valence-electron chi connectivity index (χ2n) is 8.24. The zero-order valence-corrected chi connectivity index (χ0v) is 17.6. The molecule has 3 aromatic rings. The van der Waals surface area contributed by atoms with Crippen molar-refractivity contribution < 1.29 is 22.0 Å². The SMILES string of the molecule is FC(F)Cn1ncc2ncc(N3CCC4(CN(Sc5cccc(C(F)(F)F)c5)C4)C3)nc21. The minimum atomic E-state index is -4.36. The Kier molecular flexibility index (Phi) is 5.24. The van der Waals surface area contributed by atoms with Gasteiger partial charge in [0.05, 0.1) is 18.0 Å². The van der Waals surface area contributed by atoms with Crippen LogP contribution in [0.3, 0.4) is 0 Å². The van der Waals surface area contributed by atoms with E-state index in [9.17, 15) is 22.0 Å². The number of aromatic nitrogens is 4. The van der Waals surface area contributed by atoms with Gasteiger partial charge in [-0.3, -0.25) is 0 Å². The van der Waals surface area contributed by atoms with Crippen molar-refractivity contribution in [3.05, 3.63) is 42.2 Å². The molecule has 0 bridgehead atoms. The number of hydrogen-bond acceptors (Lipinski definition) is 6. The average Bonchev–Trinajstić information content (AvgIpc) is 3.32. The fourth-order valence-corrected chi connectivity index (χ4v) is 5.58. The van der Waals surface area contributed by atoms with Gasteiger partial charge in [-0.15, -0.1) is 0 Å². The first kappa shape index (κ1) is 21.4. The molecular weight excluding hydrogens is 451 g/mol. The Morgan fingerprint density at radius 1 is 1.12 bits per heavy atom. The van der Waals surface area contributed by atoms with Crippen LogP contribution in [0.2, 0.25) is 0 Å². The maximum absolute atomic E-state index is 12.9. The number of nitrogens with zero attached hydrogens (tertiary/aromatic N) is 6. The molecule has 6 nitrogen and oxygen atoms in total. The molecule has 1 aromatic carbocycles. The Hall–Kier alpha value is -2.47. The van der Waals surface area contributed by atoms with Crippen molar-refractivity contribution >= 4 is 28.9 Å². The summed E-state index contributed by atoms with van der Waals surface area (Å²) < 4.78 is 67.6. The van der Waals surface area contributed by atoms with Gasteiger partial charge in [-0.2, -0.15) is 18.3 Å². The maximum Gasteiger partial charge on any atom is 0.416 e. The van der Waals surface area contributed by atoms with E-state index in [1.807, 2.05) is 0 Å². The Labute approximate surface area is 184 Å². The predicted molar refractivity (Wildman–Crippen MR) is 109 cm³/mol. The van der Waals surface area contributed by atoms with E-state index in [1.165, 1.54) is 35.0 Å². The third-order valence-electron chi connectivity index (χ3n) is 5.83. The average molecular weight is 470 g/mol. The molecule has 5 rings (SSSR count). The normalized spacial score (nSPS) is 18.8. The van der Waals surface area contributed by atoms with E-state index in [4.69, 9.17) is 0 Å². The van der Waals surface area contributed by atoms with Gasteiger partial charge in [-0.1, -0.05) is 6.07 Å². The standard InChI is InChI=1S/C20H19F5N6S/c21-16(22)9-31-18-15(7-27-31)26-8-17(28-18)29-5-4-19(10-29)11-30(12-19)32-14-3-1-2-13(6-14)20(23,24)25/h1-3,6-8,16H,4-5,9-12H2. The molecule has 0 aliphatic carbocycles. The van der Waals surface area contributed by atoms with Crippen molar-refractivity contribution in [2.24, 2.45) is 5.41 Å². The molecular formula is C20H19F5N6S. The molecule has 0 N–H and O–H groups in total. The van der Waals surface area contributed by atoms with Gasteiger partial charge in [0.1, 0.15) is 17.9 Å². The first-order valence-electron chi connectivity index (χ1n) is 10.0. The van der Waals surface area contributed by atoms with Gasteiger partial charge in [0.2, 0.25) is 0 Å². The van der Waals surface area contributed by atoms with E-state index in [1.54, 1.807) is 12.3 Å². The van der Waals surface area contributed by atoms with E-state index in [0.717, 1.165) is 38.7 Å². The zero-order chi connectivity index (χ0) is 22.5. The van der Waals surface area contributed by atoms with Crippen LogP contribution in [0.1, 0.15) is 12.0 Å². The van der Waals surface area contributed by atoms with Gasteiger partial charge < -0.3 is 4.90 Å². The largest absolute Gasteiger partial charge is 0.416 e. The summed E-state index contributed by atoms with van der Waals surface area (Å²) >= 11 is 1.33. The van der Waals surface area contributed by atoms with E-state index in [-0.39, 0.29) is 5.41 Å². The Morgan fingerprint density at radius 2 is 1.94 bits per heavy atom. The van der Waals surface area contributed by atoms with Gasteiger partial charge >= 0.3 is 6.18 Å². The highest BCUT2D eigenvalue weighted by atomic mass is 32.2. The summed E-state index contributed by atoms with van der Waals surface area (Å²) in [6.45, 7) is 2.46. The summed E-state index contributed by atoms with van der Waals surface area (Å²) in [6, 6.07) is 5.34. The van der Waals surface area contributed by atoms with Crippen LogP contribution in [0, 0.1) is 5.41 Å². The molecule has 2 saturated heterocycles. The van der Waals surface area contributed by atoms with Gasteiger partial charge in [-0.05, 0) is 36.6 Å². The molecule has 32 heavy (non-hydrogen) atoms. The van der Waals surface area contributed by atoms with Crippen molar-refractivity contribution in [3.63, 3.8) is 0 Å². The van der Waals surface area contributed by atoms with Crippen molar-refractivity contribution in [3.8, 4) is 0 Å². The first-order valence-corrected chi connectivity index (χ1v) is 10.8. The highest BCUT2D eigenvalue weighted by Crippen LogP contribution is 2.45. The van der Waals surface area contributed by atoms with Crippen LogP contribution in [-0.2, 0) is 12.7 Å². The lowest BCUT2D eigenvalue weighted by Gasteiger charge is -2.47. The molecule has 0 amide bonds. The number of fused-ring (bicyclic) bond motifs is 1. The summed E-state index contributed by atoms with van der Waals surface area (Å²) in [7, 11) is 0. The zero-order valence-electron chi connectivity index (χ0n) is 16.8. The van der Waals surface area contributed by atoms with Crippen molar-refractivity contribution in [1.82, 2.24) is 24.1 Å². The van der Waals surface area contributed by atoms with Gasteiger partial charge in [0.15, 0.2) is 5.65 Å². The smallest absolute Gasteiger partial charge is 0.355 e. The third-order valence-corrected chi connectivity index (χ3v) is 6.81. The van der Waals surface area contributed by atoms with E-state index >= 15 is 0 Å². The Morgan fingerprint density at radius 3 is 2.69 bits per heavy atom. The van der Waals surface area contributed by atoms with Crippen LogP contribution < -0.4 is 4.90 Å². The molecule has 0 atom stereocenters. The summed E-state index contributed by atoms with van der Waals surface area (Å²) in [6.07, 6.45) is -2.92. The molecule has 4 heterocycles. The Bertz CT molecular complexity index is 1130. The summed E-state index contributed by atoms with van der Waals surface area (Å²) in [5.74, 6) is 0.620. The molecule has 0 saturated carbocycles. The van der Waals surface area contributed by atoms with Crippen LogP contribution in [0.25, 0.3) is 11.2 Å². The first-order chi connectivity index (χ1) is 15.2. The van der Waals surface area contributed by atoms with Gasteiger partial charge in [0.25, 0.3) is 6.43 Å². The second-order valence-corrected chi connectivity index (χ2v) is 9.41. The molecule has 1 spiro atoms. The summed E-state index contributed by atoms with van der Waals surface area (Å²) in [5, 5.41) is 3.94. The molecule has 2 aromatic heterocycles. The number of benzene rings is 1. The molecule has 170 valence electrons. The number of anilines is 1. The lowest BCUT2D eigenvalue weighted by molar-refractivity contribution is -0.137. The number of rotatable bonds is 5. The molecule has 2 aliphatic rings. The number of hydrogen-bond donors (Lipinski definition) is 0. The number of alkyl halides is 5. The summed E-state index contributed by atoms with van der Waals surface area (Å²) in [5.41, 5.74) is 0.189. The van der Waals surface area contributed by atoms with Crippen LogP contribution in [0.4, 0.5) is 27.8 Å². The predicted octanol–water partition coefficient (Wildman–Crippen LogP) is 4.33. The minimum absolute atomic E-state index is 0.0362. The fraction of sp³-hybridized carbons (Fsp3) is 0.450. The van der Waals surface area contributed by atoms with Gasteiger partial charge in [0, 0.05) is 36.5 Å². The van der Waals surface area contributed by atoms with Crippen molar-refractivity contribution in [2.45, 2.75) is 30.5 Å². The second kappa shape index (κ2) is 7.84. The monoisotopic (exact) mass is 470 g/mol. The van der Waals surface area contributed by atoms with Gasteiger partial charge in [-0.25, -0.2) is 27.7 Å². The van der Waals surface area contributed by atoms with Crippen LogP contribution in [0.5, 0.6) is 0 Å². The van der Waals surface area contributed by atoms with Crippen LogP contribution >= 0.6 is 11.9 Å². The fourth-order valence-electron chi connectivity index (χ4n) is 4.29. The van der Waals surface area contributed by atoms with Crippen molar-refractivity contribution in [2.75, 3.05) is 31.1 Å². The van der Waals surface area contributed by atoms with Crippen LogP contribution in [-0.4, -0.2) is 56.7 Å². The lowest BCUT2D eigenvalue weighted by Crippen LogP contribution is -2.54. The molecule has 12 heteroatoms. The van der Waals surface area contributed by atoms with Crippen LogP contribution in [0.15, 0.2) is 41.6 Å². The Balaban J connectivity index is 1.23. The van der Waals surface area contributed by atoms with E-state index in [0.29, 0.717) is 21.9 Å². The quantitative estimate of drug-likeness (QED) is 0.409. The lowest BCUT2D eigenvalue weighted by atomic mass is 9.81. The summed E-state index contributed by atoms with van der Waals surface area (Å²) in [4.78, 5) is 11.5. The van der Waals surface area contributed by atoms with E-state index < -0.39 is 24.7 Å². The third kappa shape index (κ3) is 4.13. The molecule has 0 unspecified atom stereocenters.